The Morgan fingerprint density at radius 3 is 2.56 bits per heavy atom. The van der Waals surface area contributed by atoms with Crippen LogP contribution < -0.4 is 10.9 Å². The molecule has 8 nitrogen and oxygen atoms in total. The molecule has 0 fully saturated rings. The van der Waals surface area contributed by atoms with Crippen LogP contribution in [0.2, 0.25) is 0 Å². The van der Waals surface area contributed by atoms with Crippen molar-refractivity contribution in [2.45, 2.75) is 44.4 Å². The number of H-pyrrole nitrogens is 1. The van der Waals surface area contributed by atoms with Crippen LogP contribution in [0.25, 0.3) is 0 Å². The highest BCUT2D eigenvalue weighted by atomic mass is 16.4. The predicted molar refractivity (Wildman–Crippen MR) is 96.9 cm³/mol. The number of carbonyl (C=O) groups is 3. The van der Waals surface area contributed by atoms with E-state index in [4.69, 9.17) is 0 Å². The summed E-state index contributed by atoms with van der Waals surface area (Å²) in [6.07, 6.45) is 3.36. The molecule has 0 radical (unpaired) electrons. The number of aryl methyl sites for hydroxylation is 1. The number of rotatable bonds is 5. The number of aromatic nitrogens is 2. The van der Waals surface area contributed by atoms with Crippen molar-refractivity contribution in [3.05, 3.63) is 52.8 Å². The van der Waals surface area contributed by atoms with Gasteiger partial charge in [0.15, 0.2) is 5.69 Å². The van der Waals surface area contributed by atoms with E-state index >= 15 is 0 Å². The van der Waals surface area contributed by atoms with E-state index in [1.54, 1.807) is 30.3 Å². The van der Waals surface area contributed by atoms with Crippen molar-refractivity contribution in [2.75, 3.05) is 0 Å². The lowest BCUT2D eigenvalue weighted by atomic mass is 9.79. The number of carboxylic acids is 1. The lowest BCUT2D eigenvalue weighted by Gasteiger charge is -2.24. The van der Waals surface area contributed by atoms with E-state index in [1.165, 1.54) is 6.92 Å². The molecule has 0 bridgehead atoms. The van der Waals surface area contributed by atoms with Gasteiger partial charge in [-0.3, -0.25) is 30.3 Å². The third-order valence-electron chi connectivity index (χ3n) is 4.98. The summed E-state index contributed by atoms with van der Waals surface area (Å²) in [7, 11) is 0. The average Bonchev–Trinajstić information content (AvgIpc) is 3.11. The monoisotopic (exact) mass is 370 g/mol. The van der Waals surface area contributed by atoms with Gasteiger partial charge in [-0.1, -0.05) is 30.3 Å². The van der Waals surface area contributed by atoms with Crippen molar-refractivity contribution in [3.63, 3.8) is 0 Å². The number of hydrogen-bond acceptors (Lipinski definition) is 4. The molecule has 0 aliphatic heterocycles. The number of hydrazine groups is 1. The average molecular weight is 370 g/mol. The zero-order chi connectivity index (χ0) is 19.4. The highest BCUT2D eigenvalue weighted by molar-refractivity contribution is 5.96. The lowest BCUT2D eigenvalue weighted by molar-refractivity contribution is -0.145. The Kier molecular flexibility index (Phi) is 5.25. The van der Waals surface area contributed by atoms with Gasteiger partial charge >= 0.3 is 5.97 Å². The fourth-order valence-corrected chi connectivity index (χ4v) is 3.33. The van der Waals surface area contributed by atoms with E-state index in [1.807, 2.05) is 0 Å². The van der Waals surface area contributed by atoms with Gasteiger partial charge in [0, 0.05) is 17.7 Å². The van der Waals surface area contributed by atoms with Gasteiger partial charge in [0.1, 0.15) is 0 Å². The molecule has 142 valence electrons. The fourth-order valence-electron chi connectivity index (χ4n) is 3.33. The summed E-state index contributed by atoms with van der Waals surface area (Å²) in [6.45, 7) is 1.48. The van der Waals surface area contributed by atoms with Gasteiger partial charge in [0.25, 0.3) is 5.91 Å². The van der Waals surface area contributed by atoms with Crippen LogP contribution in [0.1, 0.15) is 53.5 Å². The quantitative estimate of drug-likeness (QED) is 0.594. The normalized spacial score (nSPS) is 15.3. The molecular formula is C19H22N4O4. The Bertz CT molecular complexity index is 862. The number of amides is 2. The standard InChI is InChI=1S/C19H22N4O4/c1-19(18(26)27,12-7-3-2-4-8-12)11-15(24)21-23-17(25)16-13-9-5-6-10-14(13)20-22-16/h2-4,7-8H,5-6,9-11H2,1H3,(H,20,22)(H,21,24)(H,23,25)(H,26,27)/t19-/m1/s1. The van der Waals surface area contributed by atoms with E-state index in [2.05, 4.69) is 21.0 Å². The van der Waals surface area contributed by atoms with Crippen molar-refractivity contribution in [1.82, 2.24) is 21.0 Å². The van der Waals surface area contributed by atoms with Crippen molar-refractivity contribution in [1.29, 1.82) is 0 Å². The molecule has 2 aromatic rings. The van der Waals surface area contributed by atoms with Crippen molar-refractivity contribution >= 4 is 17.8 Å². The zero-order valence-corrected chi connectivity index (χ0v) is 15.0. The van der Waals surface area contributed by atoms with Gasteiger partial charge in [0.05, 0.1) is 5.41 Å². The van der Waals surface area contributed by atoms with E-state index < -0.39 is 23.2 Å². The fraction of sp³-hybridized carbons (Fsp3) is 0.368. The van der Waals surface area contributed by atoms with Crippen LogP contribution in [0.3, 0.4) is 0 Å². The topological polar surface area (TPSA) is 124 Å². The van der Waals surface area contributed by atoms with Gasteiger partial charge < -0.3 is 5.11 Å². The lowest BCUT2D eigenvalue weighted by Crippen LogP contribution is -2.46. The Hall–Kier alpha value is -3.16. The van der Waals surface area contributed by atoms with Crippen LogP contribution >= 0.6 is 0 Å². The van der Waals surface area contributed by atoms with E-state index in [0.29, 0.717) is 5.56 Å². The third kappa shape index (κ3) is 3.84. The molecule has 3 rings (SSSR count). The number of nitrogens with zero attached hydrogens (tertiary/aromatic N) is 1. The summed E-state index contributed by atoms with van der Waals surface area (Å²) >= 11 is 0. The maximum Gasteiger partial charge on any atom is 0.314 e. The summed E-state index contributed by atoms with van der Waals surface area (Å²) in [5.74, 6) is -2.22. The SMILES string of the molecule is C[C@](CC(=O)NNC(=O)c1n[nH]c2c1CCCC2)(C(=O)O)c1ccccc1. The van der Waals surface area contributed by atoms with E-state index in [0.717, 1.165) is 36.9 Å². The summed E-state index contributed by atoms with van der Waals surface area (Å²) < 4.78 is 0. The first kappa shape index (κ1) is 18.6. The largest absolute Gasteiger partial charge is 0.481 e. The first-order valence-corrected chi connectivity index (χ1v) is 8.86. The van der Waals surface area contributed by atoms with Crippen LogP contribution in [-0.4, -0.2) is 33.1 Å². The van der Waals surface area contributed by atoms with Gasteiger partial charge in [-0.15, -0.1) is 0 Å². The molecule has 27 heavy (non-hydrogen) atoms. The number of carboxylic acid groups (broad SMARTS) is 1. The molecule has 2 amide bonds. The molecule has 1 atom stereocenters. The second-order valence-electron chi connectivity index (χ2n) is 6.92. The number of nitrogens with one attached hydrogen (secondary N) is 3. The summed E-state index contributed by atoms with van der Waals surface area (Å²) in [4.78, 5) is 36.4. The molecule has 0 saturated carbocycles. The first-order valence-electron chi connectivity index (χ1n) is 8.86. The molecular weight excluding hydrogens is 348 g/mol. The smallest absolute Gasteiger partial charge is 0.314 e. The second-order valence-corrected chi connectivity index (χ2v) is 6.92. The number of aliphatic carboxylic acids is 1. The number of carbonyl (C=O) groups excluding carboxylic acids is 2. The van der Waals surface area contributed by atoms with Crippen LogP contribution in [-0.2, 0) is 27.8 Å². The van der Waals surface area contributed by atoms with E-state index in [-0.39, 0.29) is 12.1 Å². The highest BCUT2D eigenvalue weighted by Crippen LogP contribution is 2.28. The van der Waals surface area contributed by atoms with E-state index in [9.17, 15) is 19.5 Å². The molecule has 1 heterocycles. The molecule has 0 spiro atoms. The Labute approximate surface area is 156 Å². The van der Waals surface area contributed by atoms with Gasteiger partial charge in [-0.2, -0.15) is 5.10 Å². The van der Waals surface area contributed by atoms with Gasteiger partial charge in [-0.05, 0) is 38.2 Å². The maximum atomic E-state index is 12.3. The molecule has 4 N–H and O–H groups in total. The number of aromatic amines is 1. The Balaban J connectivity index is 1.64. The summed E-state index contributed by atoms with van der Waals surface area (Å²) in [6, 6.07) is 8.54. The zero-order valence-electron chi connectivity index (χ0n) is 15.0. The summed E-state index contributed by atoms with van der Waals surface area (Å²) in [5.41, 5.74) is 5.86. The Morgan fingerprint density at radius 2 is 1.85 bits per heavy atom. The third-order valence-corrected chi connectivity index (χ3v) is 4.98. The van der Waals surface area contributed by atoms with Gasteiger partial charge in [0.2, 0.25) is 5.91 Å². The predicted octanol–water partition coefficient (Wildman–Crippen LogP) is 1.48. The highest BCUT2D eigenvalue weighted by Gasteiger charge is 2.37. The van der Waals surface area contributed by atoms with Crippen molar-refractivity contribution < 1.29 is 19.5 Å². The number of fused-ring (bicyclic) bond motifs is 1. The van der Waals surface area contributed by atoms with Crippen LogP contribution in [0.5, 0.6) is 0 Å². The number of benzene rings is 1. The molecule has 0 unspecified atom stereocenters. The molecule has 8 heteroatoms. The van der Waals surface area contributed by atoms with Crippen molar-refractivity contribution in [2.24, 2.45) is 0 Å². The Morgan fingerprint density at radius 1 is 1.15 bits per heavy atom. The molecule has 1 aliphatic rings. The first-order chi connectivity index (χ1) is 12.9. The van der Waals surface area contributed by atoms with Crippen molar-refractivity contribution in [3.8, 4) is 0 Å². The van der Waals surface area contributed by atoms with Gasteiger partial charge in [-0.25, -0.2) is 0 Å². The minimum absolute atomic E-state index is 0.272. The maximum absolute atomic E-state index is 12.3. The van der Waals surface area contributed by atoms with Crippen LogP contribution in [0.4, 0.5) is 0 Å². The minimum Gasteiger partial charge on any atom is -0.481 e. The minimum atomic E-state index is -1.40. The molecule has 1 aliphatic carbocycles. The second kappa shape index (κ2) is 7.61. The molecule has 1 aromatic heterocycles. The van der Waals surface area contributed by atoms with Crippen LogP contribution in [0.15, 0.2) is 30.3 Å². The van der Waals surface area contributed by atoms with Crippen LogP contribution in [0, 0.1) is 0 Å². The molecule has 1 aromatic carbocycles. The summed E-state index contributed by atoms with van der Waals surface area (Å²) in [5, 5.41) is 16.5. The number of hydrogen-bond donors (Lipinski definition) is 4. The molecule has 0 saturated heterocycles.